The van der Waals surface area contributed by atoms with Crippen molar-refractivity contribution in [2.24, 2.45) is 0 Å². The number of rotatable bonds is 2. The summed E-state index contributed by atoms with van der Waals surface area (Å²) in [7, 11) is 0. The lowest BCUT2D eigenvalue weighted by molar-refractivity contribution is 0.111. The summed E-state index contributed by atoms with van der Waals surface area (Å²) < 4.78 is 1.59. The Bertz CT molecular complexity index is 468. The molecule has 70 valence electrons. The van der Waals surface area contributed by atoms with E-state index in [4.69, 9.17) is 11.6 Å². The van der Waals surface area contributed by atoms with Crippen molar-refractivity contribution in [3.8, 4) is 5.82 Å². The normalized spacial score (nSPS) is 10.1. The Morgan fingerprint density at radius 3 is 2.93 bits per heavy atom. The van der Waals surface area contributed by atoms with Gasteiger partial charge in [0.25, 0.3) is 0 Å². The van der Waals surface area contributed by atoms with Crippen LogP contribution < -0.4 is 0 Å². The number of halogens is 1. The van der Waals surface area contributed by atoms with E-state index >= 15 is 0 Å². The zero-order valence-electron chi connectivity index (χ0n) is 6.96. The van der Waals surface area contributed by atoms with E-state index in [0.29, 0.717) is 17.8 Å². The number of aromatic nitrogens is 4. The van der Waals surface area contributed by atoms with Crippen molar-refractivity contribution < 1.29 is 4.79 Å². The number of hydrogen-bond donors (Lipinski definition) is 0. The third-order valence-electron chi connectivity index (χ3n) is 1.60. The molecule has 0 spiro atoms. The Morgan fingerprint density at radius 2 is 2.29 bits per heavy atom. The van der Waals surface area contributed by atoms with Crippen LogP contribution in [-0.4, -0.2) is 25.8 Å². The molecule has 0 saturated carbocycles. The molecular weight excluding hydrogens is 204 g/mol. The molecule has 0 atom stereocenters. The van der Waals surface area contributed by atoms with E-state index in [1.807, 2.05) is 0 Å². The van der Waals surface area contributed by atoms with E-state index in [0.717, 1.165) is 0 Å². The highest BCUT2D eigenvalue weighted by Crippen LogP contribution is 2.06. The van der Waals surface area contributed by atoms with Gasteiger partial charge in [0.2, 0.25) is 5.28 Å². The van der Waals surface area contributed by atoms with Gasteiger partial charge in [-0.05, 0) is 17.7 Å². The molecule has 0 fully saturated rings. The maximum atomic E-state index is 10.4. The number of carbonyl (C=O) groups excluding carboxylic acids is 1. The maximum absolute atomic E-state index is 10.4. The molecule has 5 nitrogen and oxygen atoms in total. The van der Waals surface area contributed by atoms with Crippen LogP contribution in [0.1, 0.15) is 10.5 Å². The van der Waals surface area contributed by atoms with Crippen LogP contribution in [0.5, 0.6) is 0 Å². The molecule has 0 unspecified atom stereocenters. The highest BCUT2D eigenvalue weighted by Gasteiger charge is 2.01. The Labute approximate surface area is 84.4 Å². The second-order valence-electron chi connectivity index (χ2n) is 2.51. The van der Waals surface area contributed by atoms with Gasteiger partial charge in [-0.15, -0.1) is 0 Å². The van der Waals surface area contributed by atoms with Crippen LogP contribution >= 0.6 is 11.6 Å². The van der Waals surface area contributed by atoms with Crippen molar-refractivity contribution in [3.63, 3.8) is 0 Å². The Balaban J connectivity index is 2.43. The van der Waals surface area contributed by atoms with Gasteiger partial charge < -0.3 is 0 Å². The SMILES string of the molecule is O=Cc1cn(-c2ccnc(Cl)n2)cn1. The Hall–Kier alpha value is -1.75. The first-order valence-electron chi connectivity index (χ1n) is 3.77. The average Bonchev–Trinajstić information content (AvgIpc) is 2.66. The van der Waals surface area contributed by atoms with Crippen LogP contribution in [0.3, 0.4) is 0 Å². The summed E-state index contributed by atoms with van der Waals surface area (Å²) in [6.45, 7) is 0. The van der Waals surface area contributed by atoms with Crippen molar-refractivity contribution in [1.82, 2.24) is 19.5 Å². The number of hydrogen-bond acceptors (Lipinski definition) is 4. The van der Waals surface area contributed by atoms with Crippen molar-refractivity contribution in [1.29, 1.82) is 0 Å². The fourth-order valence-corrected chi connectivity index (χ4v) is 1.14. The molecule has 0 amide bonds. The van der Waals surface area contributed by atoms with Gasteiger partial charge in [0, 0.05) is 12.4 Å². The standard InChI is InChI=1S/C8H5ClN4O/c9-8-10-2-1-7(12-8)13-3-6(4-14)11-5-13/h1-5H. The first kappa shape index (κ1) is 8.83. The molecule has 2 aromatic rings. The monoisotopic (exact) mass is 208 g/mol. The molecular formula is C8H5ClN4O. The number of carbonyl (C=O) groups is 1. The molecule has 2 aromatic heterocycles. The van der Waals surface area contributed by atoms with Gasteiger partial charge in [-0.3, -0.25) is 9.36 Å². The lowest BCUT2D eigenvalue weighted by Crippen LogP contribution is -1.95. The molecule has 0 saturated heterocycles. The molecule has 0 aliphatic rings. The second kappa shape index (κ2) is 3.55. The lowest BCUT2D eigenvalue weighted by Gasteiger charge is -1.98. The van der Waals surface area contributed by atoms with Gasteiger partial charge >= 0.3 is 0 Å². The highest BCUT2D eigenvalue weighted by atomic mass is 35.5. The summed E-state index contributed by atoms with van der Waals surface area (Å²) in [5, 5.41) is 0.156. The lowest BCUT2D eigenvalue weighted by atomic mass is 10.5. The number of aldehydes is 1. The minimum Gasteiger partial charge on any atom is -0.296 e. The fraction of sp³-hybridized carbons (Fsp3) is 0. The predicted octanol–water partition coefficient (Wildman–Crippen LogP) is 1.13. The van der Waals surface area contributed by atoms with Crippen LogP contribution in [0.25, 0.3) is 5.82 Å². The van der Waals surface area contributed by atoms with Crippen LogP contribution in [-0.2, 0) is 0 Å². The van der Waals surface area contributed by atoms with E-state index in [2.05, 4.69) is 15.0 Å². The molecule has 0 aliphatic carbocycles. The van der Waals surface area contributed by atoms with Crippen molar-refractivity contribution in [3.05, 3.63) is 35.8 Å². The van der Waals surface area contributed by atoms with E-state index in [1.165, 1.54) is 12.5 Å². The van der Waals surface area contributed by atoms with Crippen LogP contribution in [0.15, 0.2) is 24.8 Å². The first-order valence-corrected chi connectivity index (χ1v) is 4.15. The molecule has 2 heterocycles. The van der Waals surface area contributed by atoms with Crippen molar-refractivity contribution >= 4 is 17.9 Å². The van der Waals surface area contributed by atoms with E-state index in [9.17, 15) is 4.79 Å². The van der Waals surface area contributed by atoms with Gasteiger partial charge in [-0.2, -0.15) is 4.98 Å². The maximum Gasteiger partial charge on any atom is 0.224 e. The topological polar surface area (TPSA) is 60.7 Å². The smallest absolute Gasteiger partial charge is 0.224 e. The third kappa shape index (κ3) is 1.62. The largest absolute Gasteiger partial charge is 0.296 e. The Morgan fingerprint density at radius 1 is 1.43 bits per heavy atom. The van der Waals surface area contributed by atoms with Crippen LogP contribution in [0.2, 0.25) is 5.28 Å². The van der Waals surface area contributed by atoms with Gasteiger partial charge in [0.05, 0.1) is 0 Å². The van der Waals surface area contributed by atoms with Gasteiger partial charge in [0.1, 0.15) is 17.8 Å². The number of nitrogens with zero attached hydrogens (tertiary/aromatic N) is 4. The average molecular weight is 209 g/mol. The van der Waals surface area contributed by atoms with Crippen molar-refractivity contribution in [2.45, 2.75) is 0 Å². The molecule has 14 heavy (non-hydrogen) atoms. The van der Waals surface area contributed by atoms with E-state index in [1.54, 1.807) is 16.8 Å². The summed E-state index contributed by atoms with van der Waals surface area (Å²) in [6.07, 6.45) is 5.25. The summed E-state index contributed by atoms with van der Waals surface area (Å²) in [5.74, 6) is 0.575. The van der Waals surface area contributed by atoms with Crippen LogP contribution in [0.4, 0.5) is 0 Å². The molecule has 2 rings (SSSR count). The minimum atomic E-state index is 0.156. The number of imidazole rings is 1. The van der Waals surface area contributed by atoms with E-state index < -0.39 is 0 Å². The molecule has 0 bridgehead atoms. The quantitative estimate of drug-likeness (QED) is 0.548. The summed E-state index contributed by atoms with van der Waals surface area (Å²) in [6, 6.07) is 1.67. The molecule has 0 aliphatic heterocycles. The van der Waals surface area contributed by atoms with Crippen molar-refractivity contribution in [2.75, 3.05) is 0 Å². The predicted molar refractivity (Wildman–Crippen MR) is 49.6 cm³/mol. The molecule has 0 N–H and O–H groups in total. The Kier molecular flexibility index (Phi) is 2.24. The minimum absolute atomic E-state index is 0.156. The zero-order valence-corrected chi connectivity index (χ0v) is 7.72. The molecule has 0 aromatic carbocycles. The first-order chi connectivity index (χ1) is 6.79. The summed E-state index contributed by atoms with van der Waals surface area (Å²) >= 11 is 5.61. The fourth-order valence-electron chi connectivity index (χ4n) is 0.994. The van der Waals surface area contributed by atoms with Gasteiger partial charge in [0.15, 0.2) is 6.29 Å². The van der Waals surface area contributed by atoms with Gasteiger partial charge in [-0.25, -0.2) is 9.97 Å². The van der Waals surface area contributed by atoms with Crippen LogP contribution in [0, 0.1) is 0 Å². The second-order valence-corrected chi connectivity index (χ2v) is 2.85. The van der Waals surface area contributed by atoms with Gasteiger partial charge in [-0.1, -0.05) is 0 Å². The summed E-state index contributed by atoms with van der Waals surface area (Å²) in [4.78, 5) is 21.9. The zero-order chi connectivity index (χ0) is 9.97. The third-order valence-corrected chi connectivity index (χ3v) is 1.78. The molecule has 6 heteroatoms. The molecule has 0 radical (unpaired) electrons. The summed E-state index contributed by atoms with van der Waals surface area (Å²) in [5.41, 5.74) is 0.347. The van der Waals surface area contributed by atoms with E-state index in [-0.39, 0.29) is 5.28 Å². The highest BCUT2D eigenvalue weighted by molar-refractivity contribution is 6.28.